The third-order valence-corrected chi connectivity index (χ3v) is 7.76. The number of rotatable bonds is 14. The third-order valence-electron chi connectivity index (χ3n) is 7.76. The van der Waals surface area contributed by atoms with E-state index in [4.69, 9.17) is 24.7 Å². The maximum atomic E-state index is 13.0. The molecule has 10 heteroatoms. The smallest absolute Gasteiger partial charge is 0.480 e. The Hall–Kier alpha value is -3.14. The lowest BCUT2D eigenvalue weighted by Crippen LogP contribution is -2.43. The summed E-state index contributed by atoms with van der Waals surface area (Å²) >= 11 is 0. The van der Waals surface area contributed by atoms with Crippen LogP contribution in [0.2, 0.25) is 0 Å². The highest BCUT2D eigenvalue weighted by Gasteiger charge is 2.37. The number of hydrogen-bond acceptors (Lipinski definition) is 9. The number of carbonyl (C=O) groups excluding carboxylic acids is 3. The molecular formula is C30H47NO9. The summed E-state index contributed by atoms with van der Waals surface area (Å²) in [5.74, 6) is -3.82. The van der Waals surface area contributed by atoms with Crippen LogP contribution in [-0.4, -0.2) is 47.4 Å². The molecule has 4 unspecified atom stereocenters. The molecule has 5 atom stereocenters. The lowest BCUT2D eigenvalue weighted by atomic mass is 9.79. The van der Waals surface area contributed by atoms with E-state index in [1.807, 2.05) is 20.8 Å². The van der Waals surface area contributed by atoms with E-state index in [1.165, 1.54) is 12.1 Å². The van der Waals surface area contributed by atoms with E-state index in [0.29, 0.717) is 24.8 Å². The number of benzene rings is 1. The van der Waals surface area contributed by atoms with E-state index >= 15 is 0 Å². The van der Waals surface area contributed by atoms with Crippen molar-refractivity contribution in [3.63, 3.8) is 0 Å². The maximum absolute atomic E-state index is 13.0. The summed E-state index contributed by atoms with van der Waals surface area (Å²) < 4.78 is 22.0. The van der Waals surface area contributed by atoms with Crippen molar-refractivity contribution in [1.29, 1.82) is 0 Å². The summed E-state index contributed by atoms with van der Waals surface area (Å²) in [4.78, 5) is 50.1. The SMILES string of the molecule is CCC(C)OC(=O)OC(C)C(C)C(c1ccc(OC(=O)C(C)(C)CC)c(OC(=O)C(C)(C)CC)c1)[C@H](N)C(=O)O. The van der Waals surface area contributed by atoms with E-state index in [9.17, 15) is 24.3 Å². The molecule has 1 rings (SSSR count). The molecule has 0 heterocycles. The van der Waals surface area contributed by atoms with Gasteiger partial charge in [-0.25, -0.2) is 4.79 Å². The monoisotopic (exact) mass is 565 g/mol. The van der Waals surface area contributed by atoms with Crippen LogP contribution in [0.5, 0.6) is 11.5 Å². The highest BCUT2D eigenvalue weighted by atomic mass is 16.7. The minimum atomic E-state index is -1.39. The van der Waals surface area contributed by atoms with Gasteiger partial charge in [0.2, 0.25) is 0 Å². The average molecular weight is 566 g/mol. The highest BCUT2D eigenvalue weighted by Crippen LogP contribution is 2.39. The molecule has 0 amide bonds. The molecule has 0 aliphatic rings. The molecule has 0 aromatic heterocycles. The molecule has 40 heavy (non-hydrogen) atoms. The van der Waals surface area contributed by atoms with Gasteiger partial charge in [0, 0.05) is 11.8 Å². The van der Waals surface area contributed by atoms with Crippen LogP contribution in [-0.2, 0) is 23.9 Å². The summed E-state index contributed by atoms with van der Waals surface area (Å²) in [5.41, 5.74) is 4.92. The number of carboxylic acids is 1. The second kappa shape index (κ2) is 14.5. The normalized spacial score (nSPS) is 15.7. The van der Waals surface area contributed by atoms with Crippen LogP contribution in [0.15, 0.2) is 18.2 Å². The highest BCUT2D eigenvalue weighted by molar-refractivity contribution is 5.82. The number of carbonyl (C=O) groups is 4. The van der Waals surface area contributed by atoms with Crippen molar-refractivity contribution in [2.75, 3.05) is 0 Å². The van der Waals surface area contributed by atoms with Crippen molar-refractivity contribution < 1.29 is 43.2 Å². The first-order valence-electron chi connectivity index (χ1n) is 13.9. The van der Waals surface area contributed by atoms with Crippen molar-refractivity contribution in [3.8, 4) is 11.5 Å². The fourth-order valence-corrected chi connectivity index (χ4v) is 3.48. The summed E-state index contributed by atoms with van der Waals surface area (Å²) in [6, 6.07) is 3.09. The Balaban J connectivity index is 3.57. The Morgan fingerprint density at radius 1 is 0.850 bits per heavy atom. The van der Waals surface area contributed by atoms with E-state index in [0.717, 1.165) is 0 Å². The first kappa shape index (κ1) is 34.9. The summed E-state index contributed by atoms with van der Waals surface area (Å²) in [5, 5.41) is 9.81. The molecule has 0 bridgehead atoms. The summed E-state index contributed by atoms with van der Waals surface area (Å²) in [7, 11) is 0. The third kappa shape index (κ3) is 9.21. The minimum absolute atomic E-state index is 0.0206. The summed E-state index contributed by atoms with van der Waals surface area (Å²) in [6.07, 6.45) is -0.368. The van der Waals surface area contributed by atoms with Gasteiger partial charge < -0.3 is 29.8 Å². The molecule has 10 nitrogen and oxygen atoms in total. The van der Waals surface area contributed by atoms with Crippen LogP contribution in [0.4, 0.5) is 4.79 Å². The van der Waals surface area contributed by atoms with Crippen LogP contribution < -0.4 is 15.2 Å². The van der Waals surface area contributed by atoms with Crippen molar-refractivity contribution in [2.45, 2.75) is 113 Å². The van der Waals surface area contributed by atoms with E-state index < -0.39 is 58.9 Å². The maximum Gasteiger partial charge on any atom is 0.508 e. The Bertz CT molecular complexity index is 1050. The van der Waals surface area contributed by atoms with Gasteiger partial charge in [0.05, 0.1) is 10.8 Å². The first-order chi connectivity index (χ1) is 18.4. The zero-order chi connectivity index (χ0) is 31.0. The molecule has 3 N–H and O–H groups in total. The van der Waals surface area contributed by atoms with Crippen LogP contribution in [0, 0.1) is 16.7 Å². The molecule has 226 valence electrons. The van der Waals surface area contributed by atoms with Gasteiger partial charge in [0.25, 0.3) is 0 Å². The second-order valence-electron chi connectivity index (χ2n) is 11.6. The molecule has 0 radical (unpaired) electrons. The molecule has 0 aliphatic heterocycles. The molecule has 0 saturated carbocycles. The van der Waals surface area contributed by atoms with Crippen LogP contribution in [0.25, 0.3) is 0 Å². The zero-order valence-corrected chi connectivity index (χ0v) is 25.5. The Labute approximate surface area is 237 Å². The molecule has 0 saturated heterocycles. The topological polar surface area (TPSA) is 151 Å². The molecular weight excluding hydrogens is 518 g/mol. The van der Waals surface area contributed by atoms with E-state index in [1.54, 1.807) is 54.5 Å². The van der Waals surface area contributed by atoms with Crippen LogP contribution >= 0.6 is 0 Å². The standard InChI is InChI=1S/C30H47NO9/c1-11-17(4)37-28(36)38-19(6)18(5)23(24(31)25(32)33)20-14-15-21(39-26(34)29(7,8)12-2)22(16-20)40-27(35)30(9,10)13-3/h14-19,23-24H,11-13,31H2,1-10H3,(H,32,33)/t17?,18?,19?,23?,24-/m0/s1. The fraction of sp³-hybridized carbons (Fsp3) is 0.667. The Morgan fingerprint density at radius 3 is 1.80 bits per heavy atom. The fourth-order valence-electron chi connectivity index (χ4n) is 3.48. The predicted octanol–water partition coefficient (Wildman–Crippen LogP) is 5.84. The number of esters is 2. The molecule has 0 fully saturated rings. The Kier molecular flexibility index (Phi) is 12.6. The van der Waals surface area contributed by atoms with Crippen molar-refractivity contribution in [3.05, 3.63) is 23.8 Å². The molecule has 1 aromatic carbocycles. The van der Waals surface area contributed by atoms with Gasteiger partial charge in [-0.05, 0) is 78.5 Å². The second-order valence-corrected chi connectivity index (χ2v) is 11.6. The van der Waals surface area contributed by atoms with Gasteiger partial charge >= 0.3 is 24.1 Å². The number of hydrogen-bond donors (Lipinski definition) is 2. The minimum Gasteiger partial charge on any atom is -0.480 e. The molecule has 0 spiro atoms. The average Bonchev–Trinajstić information content (AvgIpc) is 2.89. The summed E-state index contributed by atoms with van der Waals surface area (Å²) in [6.45, 7) is 17.6. The van der Waals surface area contributed by atoms with Crippen LogP contribution in [0.1, 0.15) is 100.0 Å². The van der Waals surface area contributed by atoms with Crippen molar-refractivity contribution >= 4 is 24.1 Å². The molecule has 1 aromatic rings. The van der Waals surface area contributed by atoms with Crippen molar-refractivity contribution in [2.24, 2.45) is 22.5 Å². The number of carboxylic acid groups (broad SMARTS) is 1. The number of nitrogens with two attached hydrogens (primary N) is 1. The lowest BCUT2D eigenvalue weighted by Gasteiger charge is -2.32. The number of ether oxygens (including phenoxy) is 4. The quantitative estimate of drug-likeness (QED) is 0.208. The van der Waals surface area contributed by atoms with Gasteiger partial charge in [0.15, 0.2) is 11.5 Å². The number of aliphatic carboxylic acids is 1. The Morgan fingerprint density at radius 2 is 1.35 bits per heavy atom. The van der Waals surface area contributed by atoms with Gasteiger partial charge in [-0.15, -0.1) is 0 Å². The van der Waals surface area contributed by atoms with Gasteiger partial charge in [0.1, 0.15) is 18.2 Å². The first-order valence-corrected chi connectivity index (χ1v) is 13.9. The van der Waals surface area contributed by atoms with Gasteiger partial charge in [-0.3, -0.25) is 14.4 Å². The predicted molar refractivity (Wildman–Crippen MR) is 150 cm³/mol. The van der Waals surface area contributed by atoms with E-state index in [2.05, 4.69) is 0 Å². The van der Waals surface area contributed by atoms with Crippen molar-refractivity contribution in [1.82, 2.24) is 0 Å². The largest absolute Gasteiger partial charge is 0.508 e. The van der Waals surface area contributed by atoms with Gasteiger partial charge in [-0.2, -0.15) is 0 Å². The van der Waals surface area contributed by atoms with E-state index in [-0.39, 0.29) is 17.6 Å². The van der Waals surface area contributed by atoms with Crippen LogP contribution in [0.3, 0.4) is 0 Å². The zero-order valence-electron chi connectivity index (χ0n) is 25.5. The molecule has 0 aliphatic carbocycles. The van der Waals surface area contributed by atoms with Gasteiger partial charge in [-0.1, -0.05) is 33.8 Å². The lowest BCUT2D eigenvalue weighted by molar-refractivity contribution is -0.147.